The van der Waals surface area contributed by atoms with Crippen LogP contribution in [0, 0.1) is 20.8 Å². The summed E-state index contributed by atoms with van der Waals surface area (Å²) in [4.78, 5) is 0. The summed E-state index contributed by atoms with van der Waals surface area (Å²) in [6.45, 7) is 8.41. The Balaban J connectivity index is 2.72. The van der Waals surface area contributed by atoms with Crippen LogP contribution in [0.3, 0.4) is 0 Å². The van der Waals surface area contributed by atoms with Gasteiger partial charge in [0.25, 0.3) is 0 Å². The lowest BCUT2D eigenvalue weighted by molar-refractivity contribution is 0.823. The molecule has 1 aromatic carbocycles. The highest BCUT2D eigenvalue weighted by Crippen LogP contribution is 2.19. The van der Waals surface area contributed by atoms with Crippen molar-refractivity contribution < 1.29 is 0 Å². The minimum atomic E-state index is 0.972. The van der Waals surface area contributed by atoms with Crippen LogP contribution in [0.1, 0.15) is 16.7 Å². The number of anilines is 1. The number of aryl methyl sites for hydroxylation is 3. The van der Waals surface area contributed by atoms with Gasteiger partial charge < -0.3 is 10.6 Å². The summed E-state index contributed by atoms with van der Waals surface area (Å²) in [6, 6.07) is 4.46. The first-order chi connectivity index (χ1) is 6.65. The predicted octanol–water partition coefficient (Wildman–Crippen LogP) is 2.24. The lowest BCUT2D eigenvalue weighted by Gasteiger charge is -2.12. The van der Waals surface area contributed by atoms with Gasteiger partial charge in [-0.3, -0.25) is 0 Å². The lowest BCUT2D eigenvalue weighted by atomic mass is 10.1. The highest BCUT2D eigenvalue weighted by atomic mass is 14.9. The van der Waals surface area contributed by atoms with E-state index in [0.717, 1.165) is 13.1 Å². The molecule has 78 valence electrons. The first kappa shape index (κ1) is 11.1. The smallest absolute Gasteiger partial charge is 0.0373 e. The minimum Gasteiger partial charge on any atom is -0.384 e. The zero-order chi connectivity index (χ0) is 10.6. The maximum atomic E-state index is 3.42. The Hall–Kier alpha value is -1.02. The molecule has 0 saturated carbocycles. The second-order valence-electron chi connectivity index (χ2n) is 3.78. The van der Waals surface area contributed by atoms with Gasteiger partial charge in [-0.25, -0.2) is 0 Å². The van der Waals surface area contributed by atoms with Gasteiger partial charge in [-0.05, 0) is 50.6 Å². The Morgan fingerprint density at radius 3 is 2.21 bits per heavy atom. The lowest BCUT2D eigenvalue weighted by Crippen LogP contribution is -2.18. The molecular weight excluding hydrogens is 172 g/mol. The normalized spacial score (nSPS) is 10.3. The third-order valence-electron chi connectivity index (χ3n) is 2.53. The molecule has 0 fully saturated rings. The summed E-state index contributed by atoms with van der Waals surface area (Å²) < 4.78 is 0. The Bertz CT molecular complexity index is 305. The number of rotatable bonds is 4. The fourth-order valence-electron chi connectivity index (χ4n) is 1.47. The van der Waals surface area contributed by atoms with Crippen molar-refractivity contribution in [3.8, 4) is 0 Å². The Morgan fingerprint density at radius 1 is 0.929 bits per heavy atom. The molecule has 0 amide bonds. The van der Waals surface area contributed by atoms with E-state index in [0.29, 0.717) is 0 Å². The van der Waals surface area contributed by atoms with Crippen LogP contribution < -0.4 is 10.6 Å². The largest absolute Gasteiger partial charge is 0.384 e. The van der Waals surface area contributed by atoms with E-state index in [4.69, 9.17) is 0 Å². The SMILES string of the molecule is CNCCNc1cc(C)c(C)cc1C. The molecule has 0 aliphatic rings. The van der Waals surface area contributed by atoms with Crippen molar-refractivity contribution in [3.63, 3.8) is 0 Å². The van der Waals surface area contributed by atoms with Gasteiger partial charge in [0.05, 0.1) is 0 Å². The van der Waals surface area contributed by atoms with Crippen LogP contribution in [0.2, 0.25) is 0 Å². The Kier molecular flexibility index (Phi) is 3.96. The standard InChI is InChI=1S/C12H20N2/c1-9-7-11(3)12(8-10(9)2)14-6-5-13-4/h7-8,13-14H,5-6H2,1-4H3. The molecule has 0 aliphatic carbocycles. The van der Waals surface area contributed by atoms with Crippen molar-refractivity contribution >= 4 is 5.69 Å². The zero-order valence-corrected chi connectivity index (χ0v) is 9.57. The molecule has 0 aromatic heterocycles. The molecule has 0 atom stereocenters. The summed E-state index contributed by atoms with van der Waals surface area (Å²) >= 11 is 0. The molecule has 2 nitrogen and oxygen atoms in total. The Labute approximate surface area is 86.7 Å². The van der Waals surface area contributed by atoms with Crippen LogP contribution in [-0.4, -0.2) is 20.1 Å². The summed E-state index contributed by atoms with van der Waals surface area (Å²) in [6.07, 6.45) is 0. The summed E-state index contributed by atoms with van der Waals surface area (Å²) in [7, 11) is 1.97. The minimum absolute atomic E-state index is 0.972. The Morgan fingerprint density at radius 2 is 1.57 bits per heavy atom. The topological polar surface area (TPSA) is 24.1 Å². The van der Waals surface area contributed by atoms with Gasteiger partial charge in [-0.15, -0.1) is 0 Å². The number of nitrogens with one attached hydrogen (secondary N) is 2. The zero-order valence-electron chi connectivity index (χ0n) is 9.57. The molecule has 0 heterocycles. The van der Waals surface area contributed by atoms with Crippen molar-refractivity contribution in [2.75, 3.05) is 25.5 Å². The van der Waals surface area contributed by atoms with Crippen molar-refractivity contribution in [2.45, 2.75) is 20.8 Å². The molecule has 1 aromatic rings. The van der Waals surface area contributed by atoms with Crippen LogP contribution in [-0.2, 0) is 0 Å². The van der Waals surface area contributed by atoms with E-state index in [9.17, 15) is 0 Å². The van der Waals surface area contributed by atoms with E-state index in [-0.39, 0.29) is 0 Å². The maximum Gasteiger partial charge on any atom is 0.0373 e. The van der Waals surface area contributed by atoms with E-state index in [1.807, 2.05) is 7.05 Å². The van der Waals surface area contributed by atoms with Gasteiger partial charge in [-0.1, -0.05) is 6.07 Å². The molecule has 0 bridgehead atoms. The van der Waals surface area contributed by atoms with Gasteiger partial charge in [0.2, 0.25) is 0 Å². The second kappa shape index (κ2) is 5.01. The molecule has 2 heteroatoms. The van der Waals surface area contributed by atoms with Crippen molar-refractivity contribution in [1.29, 1.82) is 0 Å². The van der Waals surface area contributed by atoms with Crippen LogP contribution in [0.15, 0.2) is 12.1 Å². The first-order valence-electron chi connectivity index (χ1n) is 5.11. The van der Waals surface area contributed by atoms with E-state index in [1.54, 1.807) is 0 Å². The number of hydrogen-bond acceptors (Lipinski definition) is 2. The van der Waals surface area contributed by atoms with E-state index >= 15 is 0 Å². The fourth-order valence-corrected chi connectivity index (χ4v) is 1.47. The summed E-state index contributed by atoms with van der Waals surface area (Å²) in [5.74, 6) is 0. The molecular formula is C12H20N2. The molecule has 14 heavy (non-hydrogen) atoms. The van der Waals surface area contributed by atoms with Crippen LogP contribution in [0.4, 0.5) is 5.69 Å². The summed E-state index contributed by atoms with van der Waals surface area (Å²) in [5, 5.41) is 6.54. The third-order valence-corrected chi connectivity index (χ3v) is 2.53. The van der Waals surface area contributed by atoms with Gasteiger partial charge in [-0.2, -0.15) is 0 Å². The van der Waals surface area contributed by atoms with Crippen molar-refractivity contribution in [3.05, 3.63) is 28.8 Å². The average molecular weight is 192 g/mol. The van der Waals surface area contributed by atoms with E-state index < -0.39 is 0 Å². The van der Waals surface area contributed by atoms with Gasteiger partial charge in [0.1, 0.15) is 0 Å². The average Bonchev–Trinajstić information content (AvgIpc) is 2.14. The van der Waals surface area contributed by atoms with E-state index in [2.05, 4.69) is 43.5 Å². The van der Waals surface area contributed by atoms with Crippen LogP contribution >= 0.6 is 0 Å². The second-order valence-corrected chi connectivity index (χ2v) is 3.78. The number of hydrogen-bond donors (Lipinski definition) is 2. The molecule has 0 saturated heterocycles. The molecule has 2 N–H and O–H groups in total. The van der Waals surface area contributed by atoms with Crippen molar-refractivity contribution in [1.82, 2.24) is 5.32 Å². The molecule has 1 rings (SSSR count). The van der Waals surface area contributed by atoms with Crippen molar-refractivity contribution in [2.24, 2.45) is 0 Å². The van der Waals surface area contributed by atoms with Crippen LogP contribution in [0.5, 0.6) is 0 Å². The van der Waals surface area contributed by atoms with Crippen LogP contribution in [0.25, 0.3) is 0 Å². The molecule has 0 radical (unpaired) electrons. The highest BCUT2D eigenvalue weighted by molar-refractivity contribution is 5.54. The first-order valence-corrected chi connectivity index (χ1v) is 5.11. The maximum absolute atomic E-state index is 3.42. The van der Waals surface area contributed by atoms with Gasteiger partial charge in [0.15, 0.2) is 0 Å². The van der Waals surface area contributed by atoms with Gasteiger partial charge in [0, 0.05) is 18.8 Å². The molecule has 0 unspecified atom stereocenters. The highest BCUT2D eigenvalue weighted by Gasteiger charge is 2.00. The van der Waals surface area contributed by atoms with E-state index in [1.165, 1.54) is 22.4 Å². The molecule has 0 aliphatic heterocycles. The quantitative estimate of drug-likeness (QED) is 0.715. The van der Waals surface area contributed by atoms with Gasteiger partial charge >= 0.3 is 0 Å². The number of benzene rings is 1. The monoisotopic (exact) mass is 192 g/mol. The fraction of sp³-hybridized carbons (Fsp3) is 0.500. The molecule has 0 spiro atoms. The number of likely N-dealkylation sites (N-methyl/N-ethyl adjacent to an activating group) is 1. The third kappa shape index (κ3) is 2.74. The summed E-state index contributed by atoms with van der Waals surface area (Å²) in [5.41, 5.74) is 5.29. The predicted molar refractivity (Wildman–Crippen MR) is 63.1 cm³/mol.